The van der Waals surface area contributed by atoms with E-state index in [0.29, 0.717) is 0 Å². The summed E-state index contributed by atoms with van der Waals surface area (Å²) in [5, 5.41) is 10.9. The molecule has 316 valence electrons. The van der Waals surface area contributed by atoms with Crippen LogP contribution < -0.4 is 21.3 Å². The summed E-state index contributed by atoms with van der Waals surface area (Å²) in [6.45, 7) is 14.8. The number of imide groups is 1. The number of likely N-dealkylation sites (N-methyl/N-ethyl adjacent to an activating group) is 2. The fourth-order valence-electron chi connectivity index (χ4n) is 5.85. The first kappa shape index (κ1) is 48.1. The molecule has 2 rings (SSSR count). The van der Waals surface area contributed by atoms with Crippen molar-refractivity contribution in [3.05, 3.63) is 59.2 Å². The Kier molecular flexibility index (Phi) is 16.4. The zero-order chi connectivity index (χ0) is 43.7. The molecule has 1 aromatic carbocycles. The highest BCUT2D eigenvalue weighted by Gasteiger charge is 2.42. The van der Waals surface area contributed by atoms with E-state index in [2.05, 4.69) is 21.3 Å². The molecule has 0 spiro atoms. The minimum absolute atomic E-state index is 0.0107. The Bertz CT molecular complexity index is 1720. The molecule has 57 heavy (non-hydrogen) atoms. The lowest BCUT2D eigenvalue weighted by atomic mass is 9.76. The first-order valence-corrected chi connectivity index (χ1v) is 18.5. The van der Waals surface area contributed by atoms with E-state index in [0.717, 1.165) is 29.2 Å². The summed E-state index contributed by atoms with van der Waals surface area (Å²) < 4.78 is 46.0. The van der Waals surface area contributed by atoms with Crippen molar-refractivity contribution in [3.63, 3.8) is 0 Å². The van der Waals surface area contributed by atoms with Gasteiger partial charge in [0.2, 0.25) is 23.6 Å². The lowest BCUT2D eigenvalue weighted by molar-refractivity contribution is -0.158. The van der Waals surface area contributed by atoms with Gasteiger partial charge in [0.25, 0.3) is 11.8 Å². The molecule has 1 heterocycles. The number of nitrogens with zero attached hydrogens (tertiary/aromatic N) is 2. The van der Waals surface area contributed by atoms with E-state index in [1.807, 2.05) is 0 Å². The third kappa shape index (κ3) is 14.1. The molecule has 0 saturated heterocycles. The van der Waals surface area contributed by atoms with Crippen LogP contribution in [0.4, 0.5) is 13.2 Å². The molecule has 0 saturated carbocycles. The predicted molar refractivity (Wildman–Crippen MR) is 206 cm³/mol. The van der Waals surface area contributed by atoms with Gasteiger partial charge in [0.15, 0.2) is 0 Å². The number of rotatable bonds is 17. The van der Waals surface area contributed by atoms with Crippen LogP contribution in [0, 0.1) is 5.41 Å². The van der Waals surface area contributed by atoms with E-state index in [4.69, 9.17) is 4.74 Å². The maximum Gasteiger partial charge on any atom is 0.416 e. The van der Waals surface area contributed by atoms with Crippen LogP contribution in [-0.2, 0) is 49.9 Å². The normalized spacial score (nSPS) is 15.5. The zero-order valence-electron chi connectivity index (χ0n) is 34.6. The van der Waals surface area contributed by atoms with E-state index in [-0.39, 0.29) is 43.6 Å². The molecule has 0 bridgehead atoms. The number of benzene rings is 1. The Balaban J connectivity index is 2.14. The second-order valence-electron chi connectivity index (χ2n) is 16.5. The van der Waals surface area contributed by atoms with Gasteiger partial charge in [0, 0.05) is 56.2 Å². The van der Waals surface area contributed by atoms with Crippen molar-refractivity contribution >= 4 is 41.4 Å². The number of ether oxygens (including phenoxy) is 1. The van der Waals surface area contributed by atoms with Crippen molar-refractivity contribution in [3.8, 4) is 0 Å². The monoisotopic (exact) mass is 806 g/mol. The molecule has 0 aliphatic carbocycles. The van der Waals surface area contributed by atoms with Crippen molar-refractivity contribution in [1.82, 2.24) is 31.1 Å². The third-order valence-corrected chi connectivity index (χ3v) is 9.23. The lowest BCUT2D eigenvalue weighted by Crippen LogP contribution is -2.60. The maximum atomic E-state index is 13.8. The number of halogens is 3. The minimum atomic E-state index is -4.58. The Morgan fingerprint density at radius 2 is 1.47 bits per heavy atom. The summed E-state index contributed by atoms with van der Waals surface area (Å²) in [5.74, 6) is -4.01. The molecule has 0 radical (unpaired) electrons. The SMILES string of the molecule is CN[C@H](C(=O)NC(C(=O)N(C)C/C=C(\C)C(=O)N[C@H](CCC(=O)NCCN1C(=O)C=CC1=O)C(=O)OC(C)(C)C)C(C)(C)C)C(C)(C)c1cccc(C(F)(F)F)c1. The van der Waals surface area contributed by atoms with Crippen molar-refractivity contribution in [1.29, 1.82) is 0 Å². The lowest BCUT2D eigenvalue weighted by Gasteiger charge is -2.38. The molecule has 4 N–H and O–H groups in total. The Hall–Kier alpha value is -5.06. The number of hydrogen-bond acceptors (Lipinski definition) is 9. The average Bonchev–Trinajstić information content (AvgIpc) is 3.41. The van der Waals surface area contributed by atoms with E-state index in [1.165, 1.54) is 44.1 Å². The van der Waals surface area contributed by atoms with Crippen LogP contribution in [0.5, 0.6) is 0 Å². The van der Waals surface area contributed by atoms with Gasteiger partial charge in [-0.25, -0.2) is 4.79 Å². The third-order valence-electron chi connectivity index (χ3n) is 9.23. The minimum Gasteiger partial charge on any atom is -0.458 e. The Morgan fingerprint density at radius 1 is 0.895 bits per heavy atom. The Labute approximate surface area is 332 Å². The molecular formula is C40H57F3N6O8. The maximum absolute atomic E-state index is 13.8. The highest BCUT2D eigenvalue weighted by atomic mass is 19.4. The zero-order valence-corrected chi connectivity index (χ0v) is 34.6. The van der Waals surface area contributed by atoms with Gasteiger partial charge in [-0.05, 0) is 58.2 Å². The van der Waals surface area contributed by atoms with E-state index < -0.39 is 87.7 Å². The number of nitrogens with one attached hydrogen (secondary N) is 4. The highest BCUT2D eigenvalue weighted by Crippen LogP contribution is 2.34. The summed E-state index contributed by atoms with van der Waals surface area (Å²) in [6.07, 6.45) is -1.19. The number of esters is 1. The molecule has 1 aromatic rings. The van der Waals surface area contributed by atoms with Crippen molar-refractivity contribution in [2.75, 3.05) is 33.7 Å². The quantitative estimate of drug-likeness (QED) is 0.104. The smallest absolute Gasteiger partial charge is 0.416 e. The van der Waals surface area contributed by atoms with Crippen LogP contribution in [-0.4, -0.2) is 109 Å². The summed E-state index contributed by atoms with van der Waals surface area (Å²) in [4.78, 5) is 92.2. The number of carbonyl (C=O) groups excluding carboxylic acids is 7. The molecule has 0 fully saturated rings. The molecule has 1 aliphatic heterocycles. The van der Waals surface area contributed by atoms with Crippen LogP contribution in [0.1, 0.15) is 86.3 Å². The fraction of sp³-hybridized carbons (Fsp3) is 0.575. The molecular weight excluding hydrogens is 749 g/mol. The van der Waals surface area contributed by atoms with Gasteiger partial charge in [0.1, 0.15) is 17.7 Å². The average molecular weight is 807 g/mol. The second-order valence-corrected chi connectivity index (χ2v) is 16.5. The van der Waals surface area contributed by atoms with Crippen LogP contribution in [0.2, 0.25) is 0 Å². The summed E-state index contributed by atoms with van der Waals surface area (Å²) in [6, 6.07) is 1.39. The molecule has 17 heteroatoms. The first-order chi connectivity index (χ1) is 26.1. The molecule has 14 nitrogen and oxygen atoms in total. The van der Waals surface area contributed by atoms with Gasteiger partial charge in [0.05, 0.1) is 11.6 Å². The van der Waals surface area contributed by atoms with Gasteiger partial charge < -0.3 is 30.9 Å². The van der Waals surface area contributed by atoms with Gasteiger partial charge in [-0.1, -0.05) is 58.9 Å². The van der Waals surface area contributed by atoms with Crippen LogP contribution in [0.15, 0.2) is 48.1 Å². The molecule has 0 aromatic heterocycles. The Morgan fingerprint density at radius 3 is 2.00 bits per heavy atom. The summed E-state index contributed by atoms with van der Waals surface area (Å²) in [5.41, 5.74) is -3.31. The van der Waals surface area contributed by atoms with Crippen LogP contribution >= 0.6 is 0 Å². The topological polar surface area (TPSA) is 183 Å². The van der Waals surface area contributed by atoms with Gasteiger partial charge in [-0.3, -0.25) is 33.7 Å². The molecule has 1 aliphatic rings. The number of alkyl halides is 3. The number of hydrogen-bond donors (Lipinski definition) is 4. The van der Waals surface area contributed by atoms with E-state index in [1.54, 1.807) is 55.4 Å². The fourth-order valence-corrected chi connectivity index (χ4v) is 5.85. The molecule has 1 unspecified atom stereocenters. The number of carbonyl (C=O) groups is 7. The van der Waals surface area contributed by atoms with E-state index >= 15 is 0 Å². The van der Waals surface area contributed by atoms with Gasteiger partial charge >= 0.3 is 12.1 Å². The highest BCUT2D eigenvalue weighted by molar-refractivity contribution is 6.12. The molecule has 6 amide bonds. The summed E-state index contributed by atoms with van der Waals surface area (Å²) in [7, 11) is 2.98. The van der Waals surface area contributed by atoms with E-state index in [9.17, 15) is 46.7 Å². The van der Waals surface area contributed by atoms with Gasteiger partial charge in [-0.2, -0.15) is 13.2 Å². The van der Waals surface area contributed by atoms with Crippen LogP contribution in [0.3, 0.4) is 0 Å². The van der Waals surface area contributed by atoms with Crippen molar-refractivity contribution < 1.29 is 51.5 Å². The first-order valence-electron chi connectivity index (χ1n) is 18.5. The predicted octanol–water partition coefficient (Wildman–Crippen LogP) is 3.15. The van der Waals surface area contributed by atoms with Gasteiger partial charge in [-0.15, -0.1) is 0 Å². The molecule has 3 atom stereocenters. The van der Waals surface area contributed by atoms with Crippen molar-refractivity contribution in [2.45, 2.75) is 110 Å². The largest absolute Gasteiger partial charge is 0.458 e. The van der Waals surface area contributed by atoms with Crippen LogP contribution in [0.25, 0.3) is 0 Å². The standard InChI is InChI=1S/C40H57F3N6O8/c1-24(33(53)46-27(36(56)57-38(5,6)7)15-16-28(50)45-20-22-49-29(51)17-18-30(49)52)19-21-48(11)35(55)32(37(2,3)4)47-34(54)31(44-10)39(8,9)25-13-12-14-26(23-25)40(41,42)43/h12-14,17-19,23,27,31-32,44H,15-16,20-22H2,1-11H3,(H,45,50)(H,46,53)(H,47,54)/b24-19+/t27-,31-,32?/m1/s1. The summed E-state index contributed by atoms with van der Waals surface area (Å²) >= 11 is 0. The number of amides is 6. The second kappa shape index (κ2) is 19.4. The van der Waals surface area contributed by atoms with Crippen molar-refractivity contribution in [2.24, 2.45) is 5.41 Å².